The van der Waals surface area contributed by atoms with E-state index in [1.165, 1.54) is 72.2 Å². The number of hydrogen-bond acceptors (Lipinski definition) is 30. The number of carbonyl (C=O) groups is 24. The number of hydrogen-bond donors (Lipinski definition) is 24. The number of carbonyl (C=O) groups excluding carboxylic acids is 24. The number of aromatic hydroxyl groups is 2. The Balaban J connectivity index is 0.000000507. The third-order valence-corrected chi connectivity index (χ3v) is 28.1. The van der Waals surface area contributed by atoms with Gasteiger partial charge in [0.2, 0.25) is 142 Å². The number of primary amides is 6. The van der Waals surface area contributed by atoms with Crippen LogP contribution in [0.25, 0.3) is 0 Å². The number of phenolic OH excluding ortho intramolecular Hbond substituents is 2. The maximum atomic E-state index is 14.6. The molecule has 0 spiro atoms. The number of rotatable bonds is 36. The first-order chi connectivity index (χ1) is 67.8. The molecule has 6 rings (SSSR count). The van der Waals surface area contributed by atoms with E-state index in [0.717, 1.165) is 43.2 Å². The molecule has 50 nitrogen and oxygen atoms in total. The first kappa shape index (κ1) is 121. The highest BCUT2D eigenvalue weighted by atomic mass is 33.1. The Morgan fingerprint density at radius 3 is 0.993 bits per heavy atom. The molecule has 4 fully saturated rings. The number of nitrogens with zero attached hydrogens (tertiary/aromatic N) is 2. The maximum absolute atomic E-state index is 14.6. The van der Waals surface area contributed by atoms with Gasteiger partial charge in [-0.2, -0.15) is 0 Å². The topological polar surface area (TPSA) is 805 Å². The van der Waals surface area contributed by atoms with E-state index in [1.807, 2.05) is 0 Å². The van der Waals surface area contributed by atoms with Gasteiger partial charge in [-0.05, 0) is 110 Å². The highest BCUT2D eigenvalue weighted by Crippen LogP contribution is 2.30. The molecule has 54 heteroatoms. The predicted molar refractivity (Wildman–Crippen MR) is 528 cm³/mol. The maximum Gasteiger partial charge on any atom is 0.246 e. The number of amides is 24. The van der Waals surface area contributed by atoms with Crippen molar-refractivity contribution in [1.29, 1.82) is 0 Å². The van der Waals surface area contributed by atoms with Crippen molar-refractivity contribution in [3.8, 4) is 11.5 Å². The van der Waals surface area contributed by atoms with Crippen LogP contribution in [0.15, 0.2) is 48.5 Å². The Bertz CT molecular complexity index is 4630. The Labute approximate surface area is 847 Å². The van der Waals surface area contributed by atoms with Crippen LogP contribution in [0.2, 0.25) is 0 Å². The zero-order valence-electron chi connectivity index (χ0n) is 81.8. The van der Waals surface area contributed by atoms with Gasteiger partial charge in [0.05, 0.1) is 25.9 Å². The van der Waals surface area contributed by atoms with Crippen LogP contribution in [0.5, 0.6) is 11.5 Å². The van der Waals surface area contributed by atoms with Gasteiger partial charge in [0, 0.05) is 75.6 Å². The molecule has 24 amide bonds. The first-order valence-corrected chi connectivity index (χ1v) is 51.9. The van der Waals surface area contributed by atoms with Gasteiger partial charge in [-0.1, -0.05) is 136 Å². The summed E-state index contributed by atoms with van der Waals surface area (Å²) < 4.78 is 0. The lowest BCUT2D eigenvalue weighted by molar-refractivity contribution is -0.142. The van der Waals surface area contributed by atoms with E-state index in [1.54, 1.807) is 55.4 Å². The summed E-state index contributed by atoms with van der Waals surface area (Å²) in [6, 6.07) is -11.0. The van der Waals surface area contributed by atoms with Gasteiger partial charge in [0.15, 0.2) is 0 Å². The molecule has 0 radical (unpaired) electrons. The minimum absolute atomic E-state index is 0.0216. The van der Waals surface area contributed by atoms with Crippen LogP contribution >= 0.6 is 43.2 Å². The second kappa shape index (κ2) is 60.3. The van der Waals surface area contributed by atoms with Crippen molar-refractivity contribution < 1.29 is 125 Å². The minimum atomic E-state index is -1.78. The molecule has 4 aliphatic rings. The van der Waals surface area contributed by atoms with Crippen molar-refractivity contribution in [2.24, 2.45) is 58.1 Å². The largest absolute Gasteiger partial charge is 0.508 e. The zero-order valence-corrected chi connectivity index (χ0v) is 85.1. The fraction of sp³-hybridized carbons (Fsp3) is 0.600. The van der Waals surface area contributed by atoms with E-state index in [2.05, 4.69) is 85.1 Å². The Kier molecular flexibility index (Phi) is 50.8. The number of likely N-dealkylation sites (tertiary alicyclic amines) is 2. The van der Waals surface area contributed by atoms with Gasteiger partial charge < -0.3 is 139 Å². The van der Waals surface area contributed by atoms with Crippen LogP contribution in [-0.4, -0.2) is 308 Å². The molecule has 18 atom stereocenters. The van der Waals surface area contributed by atoms with Gasteiger partial charge in [0.1, 0.15) is 108 Å². The molecule has 30 N–H and O–H groups in total. The van der Waals surface area contributed by atoms with Gasteiger partial charge in [-0.15, -0.1) is 0 Å². The zero-order chi connectivity index (χ0) is 108. The number of benzene rings is 2. The lowest BCUT2D eigenvalue weighted by Crippen LogP contribution is -2.62. The van der Waals surface area contributed by atoms with E-state index in [4.69, 9.17) is 34.4 Å². The van der Waals surface area contributed by atoms with E-state index in [-0.39, 0.29) is 98.0 Å². The van der Waals surface area contributed by atoms with Crippen molar-refractivity contribution in [1.82, 2.24) is 94.9 Å². The standard InChI is InChI=1S/2C45H68N12O13S2/c2*1-6-23(4)37-44(69)51-27(13-14-34(46)60)39(64)53-30(18-35(47)61)40(65)55-32(45(70)57-15-7-8-33(57)43(68)54-28(16-22(2)3)38(63)49-19-36(48)62)21-72-71-20-31(50-24(5)58)42(67)52-29(41(66)56-37)17-25-9-11-26(59)12-10-25/h2*9-12,22-23,27-33,37,59H,6-8,13-21H2,1-5H3,(H2,46,60)(H2,47,61)(H2,48,62)(H,49,63)(H,50,58)(H,51,69)(H,52,67)(H,53,64)(H,54,68)(H,55,65)(H,56,66)/t2*23-,27-,28-,29-,30-,31-,32+,33-,37-/m00/s1. The summed E-state index contributed by atoms with van der Waals surface area (Å²) in [5.74, 6) is -23.0. The van der Waals surface area contributed by atoms with Crippen LogP contribution in [-0.2, 0) is 128 Å². The molecular weight excluding hydrogens is 1960 g/mol. The van der Waals surface area contributed by atoms with Crippen molar-refractivity contribution >= 4 is 185 Å². The Morgan fingerprint density at radius 1 is 0.389 bits per heavy atom. The molecular formula is C90H136N24O26S4. The number of nitrogens with two attached hydrogens (primary N) is 6. The second-order valence-electron chi connectivity index (χ2n) is 36.1. The SMILES string of the molecule is CC[C@H](C)[C@@H]1NC(=O)[C@H](Cc2ccc(O)cc2)NC(=O)[C@@H](NC(C)=O)CSSC[C@H](C(=O)N2CCC[C@H]2C(=O)N[C@@H](CC(C)C)C(=O)NCC(N)=O)NC(=O)[C@H](CC(N)=O)NC(=O)[C@H](CCC(N)=O)NC1=O.CC[C@H](C)[C@@H]1NC(=O)[C@H](Cc2ccc(O)cc2)NC(=O)[C@@H](NC(C)=O)CSSC[C@H](C(=O)N2CCC[C@H]2C(=O)N[C@@H](CC(C)C)C(=O)NCC(N)=O)NC(=O)[C@H](CC(N)=O)NC(=O)[C@H](CCC(N)=O)NC1=O. The van der Waals surface area contributed by atoms with E-state index < -0.39 is 302 Å². The molecule has 0 saturated carbocycles. The van der Waals surface area contributed by atoms with Crippen LogP contribution in [0.4, 0.5) is 0 Å². The van der Waals surface area contributed by atoms with Gasteiger partial charge in [0.25, 0.3) is 0 Å². The van der Waals surface area contributed by atoms with E-state index in [9.17, 15) is 125 Å². The Morgan fingerprint density at radius 2 is 0.694 bits per heavy atom. The highest BCUT2D eigenvalue weighted by Gasteiger charge is 2.45. The summed E-state index contributed by atoms with van der Waals surface area (Å²) >= 11 is 0. The summed E-state index contributed by atoms with van der Waals surface area (Å²) in [5.41, 5.74) is 33.2. The van der Waals surface area contributed by atoms with Crippen LogP contribution in [0.1, 0.15) is 170 Å². The van der Waals surface area contributed by atoms with Crippen LogP contribution in [0, 0.1) is 23.7 Å². The molecule has 144 heavy (non-hydrogen) atoms. The molecule has 2 aromatic carbocycles. The van der Waals surface area contributed by atoms with Crippen molar-refractivity contribution in [2.45, 2.75) is 269 Å². The first-order valence-electron chi connectivity index (χ1n) is 46.9. The Hall–Kier alpha value is -13.3. The second-order valence-corrected chi connectivity index (χ2v) is 41.2. The molecule has 4 saturated heterocycles. The average Bonchev–Trinajstić information content (AvgIpc) is 1.66. The molecule has 2 aromatic rings. The third kappa shape index (κ3) is 41.6. The lowest BCUT2D eigenvalue weighted by Gasteiger charge is -2.31. The average molecular weight is 2100 g/mol. The molecule has 796 valence electrons. The smallest absolute Gasteiger partial charge is 0.246 e. The molecule has 0 bridgehead atoms. The lowest BCUT2D eigenvalue weighted by atomic mass is 9.96. The molecule has 4 heterocycles. The number of phenols is 2. The van der Waals surface area contributed by atoms with Crippen molar-refractivity contribution in [2.75, 3.05) is 49.2 Å². The quantitative estimate of drug-likeness (QED) is 0.0282. The van der Waals surface area contributed by atoms with Crippen LogP contribution in [0.3, 0.4) is 0 Å². The van der Waals surface area contributed by atoms with Gasteiger partial charge in [-0.25, -0.2) is 0 Å². The molecule has 0 unspecified atom stereocenters. The van der Waals surface area contributed by atoms with Gasteiger partial charge >= 0.3 is 0 Å². The molecule has 4 aliphatic heterocycles. The highest BCUT2D eigenvalue weighted by molar-refractivity contribution is 8.77. The normalized spacial score (nSPS) is 23.7. The molecule has 0 aliphatic carbocycles. The summed E-state index contributed by atoms with van der Waals surface area (Å²) in [7, 11) is 3.91. The van der Waals surface area contributed by atoms with Crippen molar-refractivity contribution in [3.63, 3.8) is 0 Å². The summed E-state index contributed by atoms with van der Waals surface area (Å²) in [5, 5.41) is 60.6. The minimum Gasteiger partial charge on any atom is -0.508 e. The van der Waals surface area contributed by atoms with E-state index >= 15 is 0 Å². The summed E-state index contributed by atoms with van der Waals surface area (Å²) in [4.78, 5) is 323. The van der Waals surface area contributed by atoms with Crippen molar-refractivity contribution in [3.05, 3.63) is 59.7 Å². The molecule has 0 aromatic heterocycles. The van der Waals surface area contributed by atoms with Crippen LogP contribution < -0.4 is 119 Å². The predicted octanol–water partition coefficient (Wildman–Crippen LogP) is -6.86. The van der Waals surface area contributed by atoms with Gasteiger partial charge in [-0.3, -0.25) is 115 Å². The van der Waals surface area contributed by atoms with E-state index in [0.29, 0.717) is 36.8 Å². The fourth-order valence-corrected chi connectivity index (χ4v) is 20.0. The fourth-order valence-electron chi connectivity index (χ4n) is 15.4. The summed E-state index contributed by atoms with van der Waals surface area (Å²) in [6.07, 6.45) is -1.81. The monoisotopic (exact) mass is 2100 g/mol. The number of nitrogens with one attached hydrogen (secondary N) is 16. The summed E-state index contributed by atoms with van der Waals surface area (Å²) in [6.45, 7) is 15.4. The third-order valence-electron chi connectivity index (χ3n) is 23.3.